The number of aromatic nitrogens is 3. The molecule has 11 heteroatoms. The summed E-state index contributed by atoms with van der Waals surface area (Å²) in [4.78, 5) is 22.7. The maximum atomic E-state index is 12.5. The Morgan fingerprint density at radius 3 is 2.52 bits per heavy atom. The van der Waals surface area contributed by atoms with Gasteiger partial charge >= 0.3 is 0 Å². The lowest BCUT2D eigenvalue weighted by atomic mass is 10.2. The minimum atomic E-state index is -0.553. The van der Waals surface area contributed by atoms with Crippen molar-refractivity contribution in [2.45, 2.75) is 17.3 Å². The number of hydrogen-bond donors (Lipinski definition) is 1. The van der Waals surface area contributed by atoms with Crippen LogP contribution in [-0.4, -0.2) is 30.8 Å². The number of non-ortho nitro benzene ring substituents is 1. The number of nitro groups is 1. The van der Waals surface area contributed by atoms with Gasteiger partial charge in [-0.1, -0.05) is 35.0 Å². The largest absolute Gasteiger partial charge is 0.324 e. The van der Waals surface area contributed by atoms with Crippen molar-refractivity contribution < 1.29 is 9.72 Å². The second kappa shape index (κ2) is 8.81. The topological polar surface area (TPSA) is 103 Å². The first-order chi connectivity index (χ1) is 13.8. The van der Waals surface area contributed by atoms with Crippen LogP contribution in [0.3, 0.4) is 0 Å². The quantitative estimate of drug-likeness (QED) is 0.327. The van der Waals surface area contributed by atoms with Gasteiger partial charge in [-0.3, -0.25) is 14.9 Å². The molecule has 0 bridgehead atoms. The van der Waals surface area contributed by atoms with Crippen LogP contribution >= 0.6 is 35.0 Å². The maximum Gasteiger partial charge on any atom is 0.271 e. The molecule has 0 aliphatic rings. The Morgan fingerprint density at radius 2 is 1.90 bits per heavy atom. The van der Waals surface area contributed by atoms with Gasteiger partial charge in [0.1, 0.15) is 0 Å². The number of carbonyl (C=O) groups is 1. The van der Waals surface area contributed by atoms with Crippen molar-refractivity contribution in [2.24, 2.45) is 7.05 Å². The molecular weight excluding hydrogens is 437 g/mol. The van der Waals surface area contributed by atoms with E-state index >= 15 is 0 Å². The number of thioether (sulfide) groups is 1. The Morgan fingerprint density at radius 1 is 1.21 bits per heavy atom. The fraction of sp³-hybridized carbons (Fsp3) is 0.167. The Labute approximate surface area is 180 Å². The minimum absolute atomic E-state index is 0.0911. The summed E-state index contributed by atoms with van der Waals surface area (Å²) in [7, 11) is 1.81. The van der Waals surface area contributed by atoms with Crippen molar-refractivity contribution in [3.63, 3.8) is 0 Å². The van der Waals surface area contributed by atoms with Crippen LogP contribution in [0.5, 0.6) is 0 Å². The molecule has 1 atom stereocenters. The van der Waals surface area contributed by atoms with Gasteiger partial charge in [0, 0.05) is 29.8 Å². The lowest BCUT2D eigenvalue weighted by molar-refractivity contribution is -0.384. The fourth-order valence-corrected chi connectivity index (χ4v) is 3.60. The van der Waals surface area contributed by atoms with Gasteiger partial charge in [0.2, 0.25) is 5.91 Å². The maximum absolute atomic E-state index is 12.5. The Hall–Kier alpha value is -2.62. The first-order valence-corrected chi connectivity index (χ1v) is 9.96. The third-order valence-electron chi connectivity index (χ3n) is 4.01. The van der Waals surface area contributed by atoms with Crippen molar-refractivity contribution >= 4 is 52.2 Å². The SMILES string of the molecule is C[C@@H](Sc1nnc(-c2ccc(Cl)cc2)n1C)C(=O)Nc1ccc([N+](=O)[O-])cc1Cl. The highest BCUT2D eigenvalue weighted by Gasteiger charge is 2.21. The number of benzene rings is 2. The number of rotatable bonds is 6. The molecule has 0 aliphatic carbocycles. The average molecular weight is 452 g/mol. The number of nitro benzene ring substituents is 1. The monoisotopic (exact) mass is 451 g/mol. The summed E-state index contributed by atoms with van der Waals surface area (Å²) in [5.74, 6) is 0.331. The van der Waals surface area contributed by atoms with E-state index in [2.05, 4.69) is 15.5 Å². The molecule has 150 valence electrons. The van der Waals surface area contributed by atoms with Gasteiger partial charge in [-0.25, -0.2) is 0 Å². The smallest absolute Gasteiger partial charge is 0.271 e. The van der Waals surface area contributed by atoms with Crippen LogP contribution in [0.1, 0.15) is 6.92 Å². The molecule has 1 N–H and O–H groups in total. The third kappa shape index (κ3) is 4.87. The van der Waals surface area contributed by atoms with Gasteiger partial charge in [0.15, 0.2) is 11.0 Å². The van der Waals surface area contributed by atoms with E-state index in [1.54, 1.807) is 23.6 Å². The van der Waals surface area contributed by atoms with Crippen LogP contribution in [0.2, 0.25) is 10.0 Å². The van der Waals surface area contributed by atoms with E-state index in [1.165, 1.54) is 30.0 Å². The number of halogens is 2. The molecule has 3 aromatic rings. The zero-order chi connectivity index (χ0) is 21.1. The predicted molar refractivity (Wildman–Crippen MR) is 114 cm³/mol. The molecule has 3 rings (SSSR count). The Bertz CT molecular complexity index is 1070. The van der Waals surface area contributed by atoms with Gasteiger partial charge in [0.25, 0.3) is 5.69 Å². The molecule has 1 heterocycles. The third-order valence-corrected chi connectivity index (χ3v) is 5.71. The van der Waals surface area contributed by atoms with Gasteiger partial charge in [-0.2, -0.15) is 0 Å². The van der Waals surface area contributed by atoms with Crippen LogP contribution < -0.4 is 5.32 Å². The number of anilines is 1. The molecule has 0 aliphatic heterocycles. The van der Waals surface area contributed by atoms with Crippen molar-refractivity contribution in [2.75, 3.05) is 5.32 Å². The summed E-state index contributed by atoms with van der Waals surface area (Å²) in [5.41, 5.74) is 1.00. The van der Waals surface area contributed by atoms with Crippen molar-refractivity contribution in [1.29, 1.82) is 0 Å². The number of amides is 1. The first kappa shape index (κ1) is 21.1. The zero-order valence-corrected chi connectivity index (χ0v) is 17.6. The molecule has 29 heavy (non-hydrogen) atoms. The van der Waals surface area contributed by atoms with Gasteiger partial charge in [-0.05, 0) is 37.3 Å². The average Bonchev–Trinajstić information content (AvgIpc) is 3.04. The van der Waals surface area contributed by atoms with E-state index in [0.29, 0.717) is 21.7 Å². The van der Waals surface area contributed by atoms with Crippen LogP contribution in [0, 0.1) is 10.1 Å². The molecule has 0 radical (unpaired) electrons. The highest BCUT2D eigenvalue weighted by atomic mass is 35.5. The molecule has 0 unspecified atom stereocenters. The van der Waals surface area contributed by atoms with Crippen molar-refractivity contribution in [1.82, 2.24) is 14.8 Å². The summed E-state index contributed by atoms with van der Waals surface area (Å²) in [5, 5.41) is 22.6. The van der Waals surface area contributed by atoms with E-state index in [1.807, 2.05) is 19.2 Å². The van der Waals surface area contributed by atoms with E-state index in [9.17, 15) is 14.9 Å². The highest BCUT2D eigenvalue weighted by Crippen LogP contribution is 2.29. The molecule has 0 fully saturated rings. The second-order valence-electron chi connectivity index (χ2n) is 6.04. The van der Waals surface area contributed by atoms with Crippen molar-refractivity contribution in [3.05, 3.63) is 62.6 Å². The Balaban J connectivity index is 1.70. The highest BCUT2D eigenvalue weighted by molar-refractivity contribution is 8.00. The Kier molecular flexibility index (Phi) is 6.41. The van der Waals surface area contributed by atoms with Crippen LogP contribution in [-0.2, 0) is 11.8 Å². The summed E-state index contributed by atoms with van der Waals surface area (Å²) in [6.07, 6.45) is 0. The normalized spacial score (nSPS) is 11.9. The molecular formula is C18H15Cl2N5O3S. The molecule has 1 aromatic heterocycles. The standard InChI is InChI=1S/C18H15Cl2N5O3S/c1-10(17(26)21-15-8-7-13(25(27)28)9-14(15)20)29-18-23-22-16(24(18)2)11-3-5-12(19)6-4-11/h3-10H,1-2H3,(H,21,26)/t10-/m1/s1. The van der Waals surface area contributed by atoms with E-state index < -0.39 is 10.2 Å². The van der Waals surface area contributed by atoms with Crippen LogP contribution in [0.25, 0.3) is 11.4 Å². The number of nitrogens with one attached hydrogen (secondary N) is 1. The van der Waals surface area contributed by atoms with Crippen LogP contribution in [0.15, 0.2) is 47.6 Å². The minimum Gasteiger partial charge on any atom is -0.324 e. The summed E-state index contributed by atoms with van der Waals surface area (Å²) >= 11 is 13.2. The number of carbonyl (C=O) groups excluding carboxylic acids is 1. The van der Waals surface area contributed by atoms with Crippen LogP contribution in [0.4, 0.5) is 11.4 Å². The molecule has 2 aromatic carbocycles. The zero-order valence-electron chi connectivity index (χ0n) is 15.3. The second-order valence-corrected chi connectivity index (χ2v) is 8.19. The number of nitrogens with zero attached hydrogens (tertiary/aromatic N) is 4. The molecule has 0 saturated carbocycles. The molecule has 1 amide bonds. The first-order valence-electron chi connectivity index (χ1n) is 8.33. The van der Waals surface area contributed by atoms with E-state index in [4.69, 9.17) is 23.2 Å². The van der Waals surface area contributed by atoms with E-state index in [0.717, 1.165) is 5.56 Å². The van der Waals surface area contributed by atoms with Gasteiger partial charge in [-0.15, -0.1) is 10.2 Å². The summed E-state index contributed by atoms with van der Waals surface area (Å²) in [6.45, 7) is 1.72. The van der Waals surface area contributed by atoms with Gasteiger partial charge in [0.05, 0.1) is 20.9 Å². The summed E-state index contributed by atoms with van der Waals surface area (Å²) in [6, 6.07) is 11.1. The van der Waals surface area contributed by atoms with Gasteiger partial charge < -0.3 is 9.88 Å². The van der Waals surface area contributed by atoms with E-state index in [-0.39, 0.29) is 16.6 Å². The fourth-order valence-electron chi connectivity index (χ4n) is 2.43. The summed E-state index contributed by atoms with van der Waals surface area (Å²) < 4.78 is 1.79. The molecule has 0 saturated heterocycles. The lowest BCUT2D eigenvalue weighted by Crippen LogP contribution is -2.23. The predicted octanol–water partition coefficient (Wildman–Crippen LogP) is 4.82. The lowest BCUT2D eigenvalue weighted by Gasteiger charge is -2.12. The molecule has 8 nitrogen and oxygen atoms in total. The number of hydrogen-bond acceptors (Lipinski definition) is 6. The van der Waals surface area contributed by atoms with Crippen molar-refractivity contribution in [3.8, 4) is 11.4 Å². The molecule has 0 spiro atoms.